The number of aromatic carboxylic acids is 1. The third-order valence-electron chi connectivity index (χ3n) is 4.44. The zero-order valence-electron chi connectivity index (χ0n) is 13.4. The lowest BCUT2D eigenvalue weighted by atomic mass is 10.00. The highest BCUT2D eigenvalue weighted by molar-refractivity contribution is 5.95. The number of hydrogen-bond donors (Lipinski definition) is 1. The van der Waals surface area contributed by atoms with Gasteiger partial charge in [-0.3, -0.25) is 4.57 Å². The van der Waals surface area contributed by atoms with Crippen molar-refractivity contribution in [3.8, 4) is 0 Å². The summed E-state index contributed by atoms with van der Waals surface area (Å²) in [5, 5.41) is 11.4. The van der Waals surface area contributed by atoms with Crippen molar-refractivity contribution in [3.63, 3.8) is 0 Å². The van der Waals surface area contributed by atoms with E-state index in [9.17, 15) is 4.79 Å². The lowest BCUT2D eigenvalue weighted by Gasteiger charge is -2.07. The fourth-order valence-electron chi connectivity index (χ4n) is 3.05. The summed E-state index contributed by atoms with van der Waals surface area (Å²) in [5.41, 5.74) is 2.47. The van der Waals surface area contributed by atoms with Gasteiger partial charge in [-0.05, 0) is 42.7 Å². The minimum Gasteiger partial charge on any atom is -0.475 e. The SMILES string of the molecule is CCn1cc(C(=O)O)oc1=Nc1ccc(C2CC2)c2ccccc12. The molecule has 1 N–H and O–H groups in total. The fraction of sp³-hybridized carbons (Fsp3) is 0.263. The van der Waals surface area contributed by atoms with E-state index in [1.807, 2.05) is 25.1 Å². The molecule has 0 spiro atoms. The third-order valence-corrected chi connectivity index (χ3v) is 4.44. The average molecular weight is 322 g/mol. The van der Waals surface area contributed by atoms with Gasteiger partial charge in [0.25, 0.3) is 0 Å². The van der Waals surface area contributed by atoms with Gasteiger partial charge in [-0.2, -0.15) is 4.99 Å². The number of benzene rings is 2. The number of carboxylic acids is 1. The molecule has 3 aromatic rings. The highest BCUT2D eigenvalue weighted by Gasteiger charge is 2.25. The van der Waals surface area contributed by atoms with Gasteiger partial charge in [0.1, 0.15) is 0 Å². The van der Waals surface area contributed by atoms with Crippen molar-refractivity contribution in [2.75, 3.05) is 0 Å². The Bertz CT molecular complexity index is 993. The van der Waals surface area contributed by atoms with Crippen LogP contribution < -0.4 is 5.68 Å². The average Bonchev–Trinajstić information content (AvgIpc) is 3.35. The molecule has 0 aliphatic heterocycles. The lowest BCUT2D eigenvalue weighted by molar-refractivity contribution is 0.0659. The van der Waals surface area contributed by atoms with E-state index in [0.29, 0.717) is 18.1 Å². The number of aryl methyl sites for hydroxylation is 1. The minimum atomic E-state index is -1.09. The van der Waals surface area contributed by atoms with Crippen LogP contribution in [0.5, 0.6) is 0 Å². The molecule has 122 valence electrons. The van der Waals surface area contributed by atoms with Crippen LogP contribution in [0.4, 0.5) is 5.69 Å². The Hall–Kier alpha value is -2.82. The summed E-state index contributed by atoms with van der Waals surface area (Å²) in [6, 6.07) is 12.4. The smallest absolute Gasteiger partial charge is 0.373 e. The lowest BCUT2D eigenvalue weighted by Crippen LogP contribution is -2.13. The van der Waals surface area contributed by atoms with Gasteiger partial charge in [0.2, 0.25) is 5.76 Å². The normalized spacial score (nSPS) is 15.1. The number of carbonyl (C=O) groups is 1. The molecule has 1 heterocycles. The minimum absolute atomic E-state index is 0.102. The van der Waals surface area contributed by atoms with Gasteiger partial charge in [0.15, 0.2) is 0 Å². The van der Waals surface area contributed by atoms with Crippen molar-refractivity contribution in [1.29, 1.82) is 0 Å². The number of aromatic nitrogens is 1. The Morgan fingerprint density at radius 2 is 2.00 bits per heavy atom. The van der Waals surface area contributed by atoms with E-state index < -0.39 is 5.97 Å². The van der Waals surface area contributed by atoms with Gasteiger partial charge < -0.3 is 9.52 Å². The molecule has 1 aromatic heterocycles. The third kappa shape index (κ3) is 2.52. The molecule has 0 bridgehead atoms. The summed E-state index contributed by atoms with van der Waals surface area (Å²) >= 11 is 0. The monoisotopic (exact) mass is 322 g/mol. The molecule has 1 aliphatic rings. The number of rotatable bonds is 4. The first-order valence-electron chi connectivity index (χ1n) is 8.17. The van der Waals surface area contributed by atoms with Crippen LogP contribution in [0.25, 0.3) is 10.8 Å². The highest BCUT2D eigenvalue weighted by atomic mass is 16.4. The molecule has 0 atom stereocenters. The van der Waals surface area contributed by atoms with Crippen LogP contribution in [0.1, 0.15) is 41.8 Å². The van der Waals surface area contributed by atoms with Gasteiger partial charge in [-0.15, -0.1) is 0 Å². The molecule has 5 nitrogen and oxygen atoms in total. The molecule has 1 fully saturated rings. The zero-order valence-corrected chi connectivity index (χ0v) is 13.4. The molecule has 4 rings (SSSR count). The summed E-state index contributed by atoms with van der Waals surface area (Å²) in [6.45, 7) is 2.52. The van der Waals surface area contributed by atoms with Crippen LogP contribution in [-0.4, -0.2) is 15.6 Å². The van der Waals surface area contributed by atoms with Gasteiger partial charge in [0.05, 0.1) is 11.9 Å². The van der Waals surface area contributed by atoms with E-state index >= 15 is 0 Å². The van der Waals surface area contributed by atoms with Gasteiger partial charge in [-0.25, -0.2) is 4.79 Å². The van der Waals surface area contributed by atoms with Crippen LogP contribution in [0.15, 0.2) is 52.0 Å². The van der Waals surface area contributed by atoms with E-state index in [0.717, 1.165) is 11.1 Å². The molecule has 0 amide bonds. The number of hydrogen-bond acceptors (Lipinski definition) is 3. The molecular formula is C19H18N2O3. The van der Waals surface area contributed by atoms with Crippen LogP contribution in [0.3, 0.4) is 0 Å². The van der Waals surface area contributed by atoms with E-state index in [2.05, 4.69) is 23.2 Å². The number of oxazole rings is 1. The Morgan fingerprint density at radius 1 is 1.25 bits per heavy atom. The van der Waals surface area contributed by atoms with Crippen molar-refractivity contribution in [2.24, 2.45) is 4.99 Å². The highest BCUT2D eigenvalue weighted by Crippen LogP contribution is 2.44. The summed E-state index contributed by atoms with van der Waals surface area (Å²) in [5.74, 6) is -0.533. The zero-order chi connectivity index (χ0) is 16.7. The molecule has 0 saturated heterocycles. The van der Waals surface area contributed by atoms with Crippen molar-refractivity contribution in [1.82, 2.24) is 4.57 Å². The fourth-order valence-corrected chi connectivity index (χ4v) is 3.05. The molecule has 24 heavy (non-hydrogen) atoms. The van der Waals surface area contributed by atoms with E-state index in [-0.39, 0.29) is 5.76 Å². The first-order chi connectivity index (χ1) is 11.7. The van der Waals surface area contributed by atoms with E-state index in [1.165, 1.54) is 30.0 Å². The summed E-state index contributed by atoms with van der Waals surface area (Å²) in [6.07, 6.45) is 3.97. The van der Waals surface area contributed by atoms with Crippen molar-refractivity contribution >= 4 is 22.4 Å². The van der Waals surface area contributed by atoms with Gasteiger partial charge in [0, 0.05) is 11.9 Å². The Balaban J connectivity index is 1.92. The maximum absolute atomic E-state index is 11.1. The predicted molar refractivity (Wildman–Crippen MR) is 90.5 cm³/mol. The predicted octanol–water partition coefficient (Wildman–Crippen LogP) is 4.06. The molecule has 0 unspecified atom stereocenters. The maximum atomic E-state index is 11.1. The van der Waals surface area contributed by atoms with Crippen molar-refractivity contribution in [2.45, 2.75) is 32.2 Å². The molecule has 5 heteroatoms. The van der Waals surface area contributed by atoms with E-state index in [1.54, 1.807) is 4.57 Å². The quantitative estimate of drug-likeness (QED) is 0.787. The summed E-state index contributed by atoms with van der Waals surface area (Å²) in [4.78, 5) is 15.7. The number of fused-ring (bicyclic) bond motifs is 1. The second kappa shape index (κ2) is 5.67. The molecule has 1 saturated carbocycles. The molecule has 2 aromatic carbocycles. The first-order valence-corrected chi connectivity index (χ1v) is 8.17. The van der Waals surface area contributed by atoms with Crippen LogP contribution in [-0.2, 0) is 6.54 Å². The summed E-state index contributed by atoms with van der Waals surface area (Å²) < 4.78 is 7.11. The maximum Gasteiger partial charge on any atom is 0.373 e. The Morgan fingerprint density at radius 3 is 2.67 bits per heavy atom. The number of carboxylic acid groups (broad SMARTS) is 1. The van der Waals surface area contributed by atoms with Crippen LogP contribution in [0.2, 0.25) is 0 Å². The Labute approximate surface area is 138 Å². The molecular weight excluding hydrogens is 304 g/mol. The van der Waals surface area contributed by atoms with Crippen molar-refractivity contribution in [3.05, 3.63) is 59.6 Å². The Kier molecular flexibility index (Phi) is 3.49. The largest absolute Gasteiger partial charge is 0.475 e. The van der Waals surface area contributed by atoms with Crippen molar-refractivity contribution < 1.29 is 14.3 Å². The second-order valence-electron chi connectivity index (χ2n) is 6.07. The van der Waals surface area contributed by atoms with E-state index in [4.69, 9.17) is 9.52 Å². The van der Waals surface area contributed by atoms with Gasteiger partial charge in [-0.1, -0.05) is 30.3 Å². The van der Waals surface area contributed by atoms with Crippen LogP contribution >= 0.6 is 0 Å². The topological polar surface area (TPSA) is 67.7 Å². The second-order valence-corrected chi connectivity index (χ2v) is 6.07. The summed E-state index contributed by atoms with van der Waals surface area (Å²) in [7, 11) is 0. The van der Waals surface area contributed by atoms with Gasteiger partial charge >= 0.3 is 11.7 Å². The molecule has 1 aliphatic carbocycles. The molecule has 0 radical (unpaired) electrons. The number of nitrogens with zero attached hydrogens (tertiary/aromatic N) is 2. The standard InChI is InChI=1S/C19H18N2O3/c1-2-21-11-17(18(22)23)24-19(21)20-16-10-9-13(12-7-8-12)14-5-3-4-6-15(14)16/h3-6,9-12H,2,7-8H2,1H3,(H,22,23). The first kappa shape index (κ1) is 14.8. The van der Waals surface area contributed by atoms with Crippen LogP contribution in [0, 0.1) is 0 Å².